The van der Waals surface area contributed by atoms with Gasteiger partial charge in [0.1, 0.15) is 5.82 Å². The quantitative estimate of drug-likeness (QED) is 0.538. The monoisotopic (exact) mass is 382 g/mol. The molecule has 0 atom stereocenters. The number of benzene rings is 2. The van der Waals surface area contributed by atoms with E-state index in [9.17, 15) is 13.2 Å². The lowest BCUT2D eigenvalue weighted by atomic mass is 10.1. The molecule has 3 nitrogen and oxygen atoms in total. The highest BCUT2D eigenvalue weighted by atomic mass is 35.5. The van der Waals surface area contributed by atoms with E-state index in [1.807, 2.05) is 23.6 Å². The third-order valence-electron chi connectivity index (χ3n) is 4.09. The van der Waals surface area contributed by atoms with Crippen molar-refractivity contribution in [2.75, 3.05) is 13.2 Å². The number of aromatic nitrogens is 2. The lowest BCUT2D eigenvalue weighted by molar-refractivity contribution is -0.137. The Hall–Kier alpha value is -2.05. The molecule has 0 N–H and O–H groups in total. The summed E-state index contributed by atoms with van der Waals surface area (Å²) >= 11 is 5.91. The summed E-state index contributed by atoms with van der Waals surface area (Å²) in [5.41, 5.74) is 1.29. The zero-order chi connectivity index (χ0) is 18.7. The van der Waals surface area contributed by atoms with E-state index >= 15 is 0 Å². The Bertz CT molecular complexity index is 888. The fourth-order valence-electron chi connectivity index (χ4n) is 2.83. The van der Waals surface area contributed by atoms with Crippen LogP contribution < -0.4 is 0 Å². The maximum atomic E-state index is 13.0. The van der Waals surface area contributed by atoms with Crippen molar-refractivity contribution in [3.63, 3.8) is 0 Å². The summed E-state index contributed by atoms with van der Waals surface area (Å²) < 4.78 is 46.3. The minimum atomic E-state index is -4.39. The van der Waals surface area contributed by atoms with Gasteiger partial charge in [-0.05, 0) is 42.8 Å². The van der Waals surface area contributed by atoms with Crippen LogP contribution >= 0.6 is 11.6 Å². The molecule has 0 aliphatic rings. The number of hydrogen-bond acceptors (Lipinski definition) is 2. The van der Waals surface area contributed by atoms with E-state index in [1.54, 1.807) is 12.1 Å². The highest BCUT2D eigenvalue weighted by Crippen LogP contribution is 2.31. The number of ether oxygens (including phenoxy) is 1. The molecular formula is C19H18ClF3N2O. The molecule has 2 aromatic carbocycles. The molecule has 7 heteroatoms. The molecule has 0 unspecified atom stereocenters. The van der Waals surface area contributed by atoms with Gasteiger partial charge in [0, 0.05) is 24.6 Å². The topological polar surface area (TPSA) is 27.1 Å². The maximum absolute atomic E-state index is 13.0. The first-order valence-corrected chi connectivity index (χ1v) is 8.65. The Kier molecular flexibility index (Phi) is 5.53. The van der Waals surface area contributed by atoms with Crippen molar-refractivity contribution in [3.05, 3.63) is 64.4 Å². The van der Waals surface area contributed by atoms with Gasteiger partial charge in [0.25, 0.3) is 0 Å². The van der Waals surface area contributed by atoms with Gasteiger partial charge in [-0.2, -0.15) is 13.2 Å². The molecule has 138 valence electrons. The van der Waals surface area contributed by atoms with E-state index in [4.69, 9.17) is 16.3 Å². The van der Waals surface area contributed by atoms with Crippen molar-refractivity contribution in [2.45, 2.75) is 26.1 Å². The first kappa shape index (κ1) is 18.7. The number of hydrogen-bond donors (Lipinski definition) is 0. The number of alkyl halides is 3. The third kappa shape index (κ3) is 4.19. The summed E-state index contributed by atoms with van der Waals surface area (Å²) in [6.07, 6.45) is -3.89. The fourth-order valence-corrected chi connectivity index (χ4v) is 2.95. The summed E-state index contributed by atoms with van der Waals surface area (Å²) in [5.74, 6) is 0.696. The van der Waals surface area contributed by atoms with Crippen LogP contribution in [0.4, 0.5) is 13.2 Å². The average Bonchev–Trinajstić information content (AvgIpc) is 2.93. The lowest BCUT2D eigenvalue weighted by Gasteiger charge is -2.10. The van der Waals surface area contributed by atoms with E-state index in [2.05, 4.69) is 4.98 Å². The highest BCUT2D eigenvalue weighted by Gasteiger charge is 2.31. The lowest BCUT2D eigenvalue weighted by Crippen LogP contribution is -2.10. The molecule has 26 heavy (non-hydrogen) atoms. The van der Waals surface area contributed by atoms with Crippen LogP contribution in [-0.4, -0.2) is 22.8 Å². The van der Waals surface area contributed by atoms with E-state index in [0.29, 0.717) is 48.1 Å². The van der Waals surface area contributed by atoms with Crippen molar-refractivity contribution >= 4 is 22.6 Å². The molecule has 0 aliphatic carbocycles. The Morgan fingerprint density at radius 1 is 1.12 bits per heavy atom. The van der Waals surface area contributed by atoms with Crippen molar-refractivity contribution in [2.24, 2.45) is 0 Å². The van der Waals surface area contributed by atoms with Crippen LogP contribution in [0.5, 0.6) is 0 Å². The van der Waals surface area contributed by atoms with Gasteiger partial charge >= 0.3 is 6.18 Å². The van der Waals surface area contributed by atoms with Gasteiger partial charge in [-0.3, -0.25) is 0 Å². The van der Waals surface area contributed by atoms with Crippen molar-refractivity contribution in [1.29, 1.82) is 0 Å². The molecule has 3 rings (SSSR count). The largest absolute Gasteiger partial charge is 0.416 e. The second-order valence-corrected chi connectivity index (χ2v) is 6.32. The predicted octanol–water partition coefficient (Wildman–Crippen LogP) is 5.34. The SMILES string of the molecule is CCOCCn1c(Cc2ccc(Cl)cc2)nc2cc(C(F)(F)F)ccc21. The van der Waals surface area contributed by atoms with E-state index in [-0.39, 0.29) is 0 Å². The zero-order valence-corrected chi connectivity index (χ0v) is 14.9. The van der Waals surface area contributed by atoms with Gasteiger partial charge in [0.15, 0.2) is 0 Å². The molecule has 0 amide bonds. The van der Waals surface area contributed by atoms with Crippen LogP contribution in [0.25, 0.3) is 11.0 Å². The molecule has 0 saturated heterocycles. The molecule has 0 fully saturated rings. The molecule has 0 spiro atoms. The first-order valence-electron chi connectivity index (χ1n) is 8.27. The maximum Gasteiger partial charge on any atom is 0.416 e. The van der Waals surface area contributed by atoms with Crippen molar-refractivity contribution in [3.8, 4) is 0 Å². The molecule has 1 aromatic heterocycles. The van der Waals surface area contributed by atoms with Gasteiger partial charge in [-0.1, -0.05) is 23.7 Å². The second kappa shape index (κ2) is 7.68. The van der Waals surface area contributed by atoms with Crippen LogP contribution in [-0.2, 0) is 23.9 Å². The number of fused-ring (bicyclic) bond motifs is 1. The van der Waals surface area contributed by atoms with Gasteiger partial charge in [0.2, 0.25) is 0 Å². The summed E-state index contributed by atoms with van der Waals surface area (Å²) in [4.78, 5) is 4.46. The Morgan fingerprint density at radius 2 is 1.85 bits per heavy atom. The Balaban J connectivity index is 2.00. The van der Waals surface area contributed by atoms with E-state index in [0.717, 1.165) is 17.7 Å². The molecule has 0 aliphatic heterocycles. The van der Waals surface area contributed by atoms with Crippen LogP contribution in [0.2, 0.25) is 5.02 Å². The Labute approximate surface area is 154 Å². The van der Waals surface area contributed by atoms with Gasteiger partial charge in [0.05, 0.1) is 23.2 Å². The average molecular weight is 383 g/mol. The third-order valence-corrected chi connectivity index (χ3v) is 4.35. The highest BCUT2D eigenvalue weighted by molar-refractivity contribution is 6.30. The summed E-state index contributed by atoms with van der Waals surface area (Å²) in [6.45, 7) is 3.48. The smallest absolute Gasteiger partial charge is 0.380 e. The molecule has 0 radical (unpaired) electrons. The van der Waals surface area contributed by atoms with E-state index < -0.39 is 11.7 Å². The Morgan fingerprint density at radius 3 is 2.50 bits per heavy atom. The number of halogens is 4. The number of rotatable bonds is 6. The van der Waals surface area contributed by atoms with Crippen LogP contribution in [0.15, 0.2) is 42.5 Å². The normalized spacial score (nSPS) is 12.0. The van der Waals surface area contributed by atoms with Gasteiger partial charge < -0.3 is 9.30 Å². The van der Waals surface area contributed by atoms with Crippen molar-refractivity contribution in [1.82, 2.24) is 9.55 Å². The standard InChI is InChI=1S/C19H18ClF3N2O/c1-2-26-10-9-25-17-8-5-14(19(21,22)23)12-16(17)24-18(25)11-13-3-6-15(20)7-4-13/h3-8,12H,2,9-11H2,1H3. The minimum Gasteiger partial charge on any atom is -0.380 e. The van der Waals surface area contributed by atoms with Crippen LogP contribution in [0, 0.1) is 0 Å². The summed E-state index contributed by atoms with van der Waals surface area (Å²) in [7, 11) is 0. The molecule has 1 heterocycles. The second-order valence-electron chi connectivity index (χ2n) is 5.88. The molecule has 0 saturated carbocycles. The van der Waals surface area contributed by atoms with E-state index in [1.165, 1.54) is 6.07 Å². The molecular weight excluding hydrogens is 365 g/mol. The van der Waals surface area contributed by atoms with Gasteiger partial charge in [-0.15, -0.1) is 0 Å². The minimum absolute atomic E-state index is 0.334. The summed E-state index contributed by atoms with van der Waals surface area (Å²) in [5, 5.41) is 0.633. The number of nitrogens with zero attached hydrogens (tertiary/aromatic N) is 2. The number of imidazole rings is 1. The van der Waals surface area contributed by atoms with Crippen molar-refractivity contribution < 1.29 is 17.9 Å². The molecule has 3 aromatic rings. The van der Waals surface area contributed by atoms with Crippen LogP contribution in [0.1, 0.15) is 23.9 Å². The molecule has 0 bridgehead atoms. The van der Waals surface area contributed by atoms with Crippen LogP contribution in [0.3, 0.4) is 0 Å². The zero-order valence-electron chi connectivity index (χ0n) is 14.2. The first-order chi connectivity index (χ1) is 12.4. The predicted molar refractivity (Wildman–Crippen MR) is 95.5 cm³/mol. The van der Waals surface area contributed by atoms with Gasteiger partial charge in [-0.25, -0.2) is 4.98 Å². The summed E-state index contributed by atoms with van der Waals surface area (Å²) in [6, 6.07) is 11.0. The fraction of sp³-hybridized carbons (Fsp3) is 0.316.